The smallest absolute Gasteiger partial charge is 0.272 e. The van der Waals surface area contributed by atoms with Crippen molar-refractivity contribution in [3.8, 4) is 0 Å². The van der Waals surface area contributed by atoms with Crippen LogP contribution in [-0.4, -0.2) is 61.0 Å². The Labute approximate surface area is 199 Å². The van der Waals surface area contributed by atoms with Crippen molar-refractivity contribution in [3.63, 3.8) is 0 Å². The van der Waals surface area contributed by atoms with E-state index in [0.29, 0.717) is 21.9 Å². The van der Waals surface area contributed by atoms with E-state index in [1.807, 2.05) is 42.5 Å². The van der Waals surface area contributed by atoms with Crippen LogP contribution in [-0.2, 0) is 4.79 Å². The molecule has 2 aromatic carbocycles. The van der Waals surface area contributed by atoms with Crippen molar-refractivity contribution in [2.75, 3.05) is 32.1 Å². The predicted octanol–water partition coefficient (Wildman–Crippen LogP) is 3.43. The van der Waals surface area contributed by atoms with Crippen LogP contribution in [0.1, 0.15) is 30.4 Å². The van der Waals surface area contributed by atoms with Gasteiger partial charge in [-0.2, -0.15) is 0 Å². The Kier molecular flexibility index (Phi) is 7.08. The zero-order valence-corrected chi connectivity index (χ0v) is 19.9. The molecule has 8 heteroatoms. The van der Waals surface area contributed by atoms with Gasteiger partial charge in [0.2, 0.25) is 6.17 Å². The molecule has 0 saturated carbocycles. The van der Waals surface area contributed by atoms with Gasteiger partial charge >= 0.3 is 0 Å². The molecule has 0 radical (unpaired) electrons. The standard InChI is InChI=1S/C24H28ClN5OS/c1-29-14-6-9-18(29)12-13-26-24(32)28-22-23(31)30(2)20-11-10-17(25)15-19(20)21(27-22)16-7-4-3-5-8-16/h3-5,7-8,10-11,15,18,22H,6,9,12-14H2,1-2H3,(H2,26,28,32). The molecule has 2 aliphatic heterocycles. The van der Waals surface area contributed by atoms with Gasteiger partial charge in [0.1, 0.15) is 0 Å². The molecule has 0 aromatic heterocycles. The van der Waals surface area contributed by atoms with Crippen LogP contribution in [0.25, 0.3) is 0 Å². The van der Waals surface area contributed by atoms with E-state index < -0.39 is 6.17 Å². The number of rotatable bonds is 5. The van der Waals surface area contributed by atoms with E-state index in [1.165, 1.54) is 12.8 Å². The number of thiocarbonyl (C=S) groups is 1. The molecule has 2 atom stereocenters. The minimum Gasteiger partial charge on any atom is -0.363 e. The van der Waals surface area contributed by atoms with Gasteiger partial charge in [0.25, 0.3) is 5.91 Å². The number of aliphatic imine (C=N–C) groups is 1. The predicted molar refractivity (Wildman–Crippen MR) is 135 cm³/mol. The lowest BCUT2D eigenvalue weighted by atomic mass is 10.0. The lowest BCUT2D eigenvalue weighted by molar-refractivity contribution is -0.119. The monoisotopic (exact) mass is 469 g/mol. The first-order chi connectivity index (χ1) is 15.4. The molecular formula is C24H28ClN5OS. The number of hydrogen-bond acceptors (Lipinski definition) is 4. The highest BCUT2D eigenvalue weighted by Crippen LogP contribution is 2.29. The third-order valence-corrected chi connectivity index (χ3v) is 6.64. The van der Waals surface area contributed by atoms with Crippen LogP contribution in [0, 0.1) is 0 Å². The van der Waals surface area contributed by atoms with E-state index in [4.69, 9.17) is 28.8 Å². The first-order valence-electron chi connectivity index (χ1n) is 10.9. The number of halogens is 1. The maximum absolute atomic E-state index is 13.3. The van der Waals surface area contributed by atoms with Gasteiger partial charge in [-0.05, 0) is 63.3 Å². The van der Waals surface area contributed by atoms with Crippen LogP contribution in [0.15, 0.2) is 53.5 Å². The molecule has 2 heterocycles. The molecule has 2 aromatic rings. The van der Waals surface area contributed by atoms with E-state index in [1.54, 1.807) is 18.0 Å². The first-order valence-corrected chi connectivity index (χ1v) is 11.7. The fraction of sp³-hybridized carbons (Fsp3) is 0.375. The van der Waals surface area contributed by atoms with Gasteiger partial charge in [0.15, 0.2) is 5.11 Å². The molecule has 2 N–H and O–H groups in total. The van der Waals surface area contributed by atoms with Gasteiger partial charge in [0, 0.05) is 35.8 Å². The molecule has 4 rings (SSSR count). The zero-order valence-electron chi connectivity index (χ0n) is 18.3. The number of anilines is 1. The van der Waals surface area contributed by atoms with Crippen LogP contribution < -0.4 is 15.5 Å². The Bertz CT molecular complexity index is 1030. The Hall–Kier alpha value is -2.48. The lowest BCUT2D eigenvalue weighted by Crippen LogP contribution is -2.49. The SMILES string of the molecule is CN1C(=O)C(NC(=S)NCCC2CCCN2C)N=C(c2ccccc2)c2cc(Cl)ccc21. The van der Waals surface area contributed by atoms with Crippen molar-refractivity contribution >= 4 is 46.2 Å². The van der Waals surface area contributed by atoms with E-state index in [-0.39, 0.29) is 5.91 Å². The molecule has 0 bridgehead atoms. The lowest BCUT2D eigenvalue weighted by Gasteiger charge is -2.23. The highest BCUT2D eigenvalue weighted by Gasteiger charge is 2.30. The molecule has 32 heavy (non-hydrogen) atoms. The second-order valence-corrected chi connectivity index (χ2v) is 9.12. The fourth-order valence-electron chi connectivity index (χ4n) is 4.34. The summed E-state index contributed by atoms with van der Waals surface area (Å²) in [7, 11) is 3.91. The van der Waals surface area contributed by atoms with Gasteiger partial charge in [-0.25, -0.2) is 4.99 Å². The molecular weight excluding hydrogens is 442 g/mol. The van der Waals surface area contributed by atoms with Gasteiger partial charge in [-0.15, -0.1) is 0 Å². The van der Waals surface area contributed by atoms with Gasteiger partial charge in [-0.3, -0.25) is 4.79 Å². The Morgan fingerprint density at radius 1 is 1.22 bits per heavy atom. The van der Waals surface area contributed by atoms with Crippen molar-refractivity contribution in [2.24, 2.45) is 4.99 Å². The quantitative estimate of drug-likeness (QED) is 0.657. The molecule has 1 saturated heterocycles. The summed E-state index contributed by atoms with van der Waals surface area (Å²) in [4.78, 5) is 22.1. The maximum Gasteiger partial charge on any atom is 0.272 e. The second-order valence-electron chi connectivity index (χ2n) is 8.27. The zero-order chi connectivity index (χ0) is 22.7. The summed E-state index contributed by atoms with van der Waals surface area (Å²) in [6.45, 7) is 1.90. The molecule has 6 nitrogen and oxygen atoms in total. The Balaban J connectivity index is 1.55. The number of likely N-dealkylation sites (N-methyl/N-ethyl adjacent to an activating group) is 1. The average molecular weight is 470 g/mol. The summed E-state index contributed by atoms with van der Waals surface area (Å²) < 4.78 is 0. The normalized spacial score (nSPS) is 21.0. The van der Waals surface area contributed by atoms with Crippen molar-refractivity contribution in [3.05, 3.63) is 64.7 Å². The average Bonchev–Trinajstić information content (AvgIpc) is 3.17. The summed E-state index contributed by atoms with van der Waals surface area (Å²) in [6, 6.07) is 15.9. The molecule has 168 valence electrons. The van der Waals surface area contributed by atoms with Crippen LogP contribution >= 0.6 is 23.8 Å². The van der Waals surface area contributed by atoms with Crippen molar-refractivity contribution in [1.82, 2.24) is 15.5 Å². The number of carbonyl (C=O) groups is 1. The minimum absolute atomic E-state index is 0.181. The largest absolute Gasteiger partial charge is 0.363 e. The molecule has 2 unspecified atom stereocenters. The number of carbonyl (C=O) groups excluding carboxylic acids is 1. The summed E-state index contributed by atoms with van der Waals surface area (Å²) in [5.41, 5.74) is 3.18. The van der Waals surface area contributed by atoms with Crippen molar-refractivity contribution in [1.29, 1.82) is 0 Å². The third-order valence-electron chi connectivity index (χ3n) is 6.15. The van der Waals surface area contributed by atoms with Crippen LogP contribution in [0.3, 0.4) is 0 Å². The van der Waals surface area contributed by atoms with Crippen LogP contribution in [0.4, 0.5) is 5.69 Å². The summed E-state index contributed by atoms with van der Waals surface area (Å²) in [5, 5.41) is 7.39. The van der Waals surface area contributed by atoms with Crippen molar-refractivity contribution in [2.45, 2.75) is 31.5 Å². The minimum atomic E-state index is -0.837. The van der Waals surface area contributed by atoms with Crippen molar-refractivity contribution < 1.29 is 4.79 Å². The highest BCUT2D eigenvalue weighted by atomic mass is 35.5. The maximum atomic E-state index is 13.3. The number of fused-ring (bicyclic) bond motifs is 1. The number of nitrogens with one attached hydrogen (secondary N) is 2. The van der Waals surface area contributed by atoms with E-state index in [2.05, 4.69) is 22.6 Å². The fourth-order valence-corrected chi connectivity index (χ4v) is 4.72. The Morgan fingerprint density at radius 2 is 2.00 bits per heavy atom. The van der Waals surface area contributed by atoms with E-state index in [9.17, 15) is 4.79 Å². The number of hydrogen-bond donors (Lipinski definition) is 2. The molecule has 0 spiro atoms. The first kappa shape index (κ1) is 22.7. The third kappa shape index (κ3) is 4.95. The number of nitrogens with zero attached hydrogens (tertiary/aromatic N) is 3. The Morgan fingerprint density at radius 3 is 2.72 bits per heavy atom. The molecule has 1 fully saturated rings. The topological polar surface area (TPSA) is 60.0 Å². The van der Waals surface area contributed by atoms with Gasteiger partial charge in [0.05, 0.1) is 11.4 Å². The number of benzodiazepines with no additional fused rings is 1. The summed E-state index contributed by atoms with van der Waals surface area (Å²) in [6.07, 6.45) is 2.64. The number of benzene rings is 2. The molecule has 1 amide bonds. The van der Waals surface area contributed by atoms with Crippen LogP contribution in [0.5, 0.6) is 0 Å². The van der Waals surface area contributed by atoms with E-state index in [0.717, 1.165) is 36.3 Å². The molecule has 0 aliphatic carbocycles. The number of amides is 1. The summed E-state index contributed by atoms with van der Waals surface area (Å²) in [5.74, 6) is -0.181. The van der Waals surface area contributed by atoms with E-state index >= 15 is 0 Å². The van der Waals surface area contributed by atoms with Crippen LogP contribution in [0.2, 0.25) is 5.02 Å². The summed E-state index contributed by atoms with van der Waals surface area (Å²) >= 11 is 11.8. The van der Waals surface area contributed by atoms with Gasteiger partial charge < -0.3 is 20.4 Å². The second kappa shape index (κ2) is 9.98. The van der Waals surface area contributed by atoms with Gasteiger partial charge in [-0.1, -0.05) is 41.9 Å². The highest BCUT2D eigenvalue weighted by molar-refractivity contribution is 7.80. The number of likely N-dealkylation sites (tertiary alicyclic amines) is 1. The molecule has 2 aliphatic rings.